The van der Waals surface area contributed by atoms with Gasteiger partial charge in [0.1, 0.15) is 11.5 Å². The summed E-state index contributed by atoms with van der Waals surface area (Å²) in [5.41, 5.74) is 3.23. The number of furan rings is 1. The van der Waals surface area contributed by atoms with Crippen molar-refractivity contribution >= 4 is 46.6 Å². The lowest BCUT2D eigenvalue weighted by Gasteiger charge is -2.25. The van der Waals surface area contributed by atoms with Gasteiger partial charge >= 0.3 is 5.97 Å². The van der Waals surface area contributed by atoms with Crippen LogP contribution in [0.15, 0.2) is 80.1 Å². The number of halogens is 2. The standard InChI is InChI=1S/C30H26Cl2N2O4S/c1-5-37-29(36)25-17(4)33-30-34(27(25)19-11-9-18(10-12-19)16(2)3)28(35)24(39-30)15-20-13-14-23(38-20)21-7-6-8-22(31)26(21)32/h6-16,27H,5H2,1-4H3/b24-15-. The maximum Gasteiger partial charge on any atom is 0.338 e. The third-order valence-corrected chi connectivity index (χ3v) is 8.35. The van der Waals surface area contributed by atoms with Gasteiger partial charge in [-0.25, -0.2) is 9.79 Å². The smallest absolute Gasteiger partial charge is 0.338 e. The molecule has 4 aromatic rings. The number of benzene rings is 2. The minimum Gasteiger partial charge on any atom is -0.463 e. The second kappa shape index (κ2) is 11.0. The zero-order valence-corrected chi connectivity index (χ0v) is 24.2. The average Bonchev–Trinajstić information content (AvgIpc) is 3.49. The number of aromatic nitrogens is 1. The maximum atomic E-state index is 13.8. The molecule has 0 spiro atoms. The Kier molecular flexibility index (Phi) is 7.67. The second-order valence-corrected chi connectivity index (χ2v) is 11.2. The first-order valence-corrected chi connectivity index (χ1v) is 14.1. The van der Waals surface area contributed by atoms with Crippen LogP contribution in [0.5, 0.6) is 0 Å². The average molecular weight is 582 g/mol. The summed E-state index contributed by atoms with van der Waals surface area (Å²) < 4.78 is 13.4. The van der Waals surface area contributed by atoms with Gasteiger partial charge < -0.3 is 9.15 Å². The lowest BCUT2D eigenvalue weighted by atomic mass is 9.93. The van der Waals surface area contributed by atoms with Crippen LogP contribution < -0.4 is 14.9 Å². The van der Waals surface area contributed by atoms with Gasteiger partial charge in [-0.05, 0) is 55.2 Å². The fourth-order valence-electron chi connectivity index (χ4n) is 4.57. The molecule has 3 heterocycles. The molecule has 0 fully saturated rings. The molecule has 2 aromatic carbocycles. The summed E-state index contributed by atoms with van der Waals surface area (Å²) in [6, 6.07) is 16.2. The van der Waals surface area contributed by atoms with Gasteiger partial charge in [-0.3, -0.25) is 9.36 Å². The zero-order chi connectivity index (χ0) is 27.8. The number of nitrogens with zero attached hydrogens (tertiary/aromatic N) is 2. The summed E-state index contributed by atoms with van der Waals surface area (Å²) in [7, 11) is 0. The molecule has 39 heavy (non-hydrogen) atoms. The lowest BCUT2D eigenvalue weighted by Crippen LogP contribution is -2.39. The number of hydrogen-bond acceptors (Lipinski definition) is 6. The van der Waals surface area contributed by atoms with Gasteiger partial charge in [0.2, 0.25) is 0 Å². The van der Waals surface area contributed by atoms with E-state index in [-0.39, 0.29) is 12.2 Å². The molecule has 5 rings (SSSR count). The van der Waals surface area contributed by atoms with Crippen molar-refractivity contribution in [3.05, 3.63) is 112 Å². The molecule has 1 unspecified atom stereocenters. The van der Waals surface area contributed by atoms with Crippen LogP contribution in [0.25, 0.3) is 17.4 Å². The molecule has 1 atom stereocenters. The molecule has 6 nitrogen and oxygen atoms in total. The first-order valence-electron chi connectivity index (χ1n) is 12.5. The van der Waals surface area contributed by atoms with Crippen molar-refractivity contribution in [1.29, 1.82) is 0 Å². The summed E-state index contributed by atoms with van der Waals surface area (Å²) in [6.45, 7) is 7.98. The summed E-state index contributed by atoms with van der Waals surface area (Å²) in [5, 5.41) is 0.819. The number of carbonyl (C=O) groups excluding carboxylic acids is 1. The van der Waals surface area contributed by atoms with E-state index in [0.717, 1.165) is 11.1 Å². The van der Waals surface area contributed by atoms with Crippen molar-refractivity contribution in [2.45, 2.75) is 39.7 Å². The first kappa shape index (κ1) is 27.2. The quantitative estimate of drug-likeness (QED) is 0.244. The van der Waals surface area contributed by atoms with Crippen LogP contribution in [-0.2, 0) is 9.53 Å². The maximum absolute atomic E-state index is 13.8. The number of ether oxygens (including phenoxy) is 1. The van der Waals surface area contributed by atoms with E-state index >= 15 is 0 Å². The number of hydrogen-bond donors (Lipinski definition) is 0. The normalized spacial score (nSPS) is 15.5. The zero-order valence-electron chi connectivity index (χ0n) is 21.8. The predicted molar refractivity (Wildman–Crippen MR) is 155 cm³/mol. The molecule has 0 aliphatic carbocycles. The van der Waals surface area contributed by atoms with Crippen molar-refractivity contribution in [3.8, 4) is 11.3 Å². The van der Waals surface area contributed by atoms with E-state index in [1.165, 1.54) is 11.3 Å². The van der Waals surface area contributed by atoms with Crippen molar-refractivity contribution in [2.24, 2.45) is 4.99 Å². The second-order valence-electron chi connectivity index (χ2n) is 9.43. The summed E-state index contributed by atoms with van der Waals surface area (Å²) >= 11 is 13.8. The van der Waals surface area contributed by atoms with Crippen LogP contribution in [-0.4, -0.2) is 17.1 Å². The molecule has 0 radical (unpaired) electrons. The number of carbonyl (C=O) groups is 1. The monoisotopic (exact) mass is 580 g/mol. The molecule has 1 aliphatic heterocycles. The Balaban J connectivity index is 1.63. The van der Waals surface area contributed by atoms with E-state index in [9.17, 15) is 9.59 Å². The third kappa shape index (κ3) is 5.14. The summed E-state index contributed by atoms with van der Waals surface area (Å²) in [5.74, 6) is 0.874. The van der Waals surface area contributed by atoms with Crippen LogP contribution in [0.3, 0.4) is 0 Å². The number of allylic oxidation sites excluding steroid dienone is 1. The van der Waals surface area contributed by atoms with Gasteiger partial charge in [-0.1, -0.05) is 78.7 Å². The number of fused-ring (bicyclic) bond motifs is 1. The molecule has 0 saturated carbocycles. The Bertz CT molecular complexity index is 1780. The van der Waals surface area contributed by atoms with Crippen LogP contribution >= 0.6 is 34.5 Å². The van der Waals surface area contributed by atoms with E-state index in [1.807, 2.05) is 30.3 Å². The van der Waals surface area contributed by atoms with Gasteiger partial charge in [0, 0.05) is 11.6 Å². The minimum absolute atomic E-state index is 0.219. The highest BCUT2D eigenvalue weighted by molar-refractivity contribution is 7.07. The highest BCUT2D eigenvalue weighted by atomic mass is 35.5. The van der Waals surface area contributed by atoms with E-state index in [0.29, 0.717) is 53.7 Å². The summed E-state index contributed by atoms with van der Waals surface area (Å²) in [4.78, 5) is 32.0. The lowest BCUT2D eigenvalue weighted by molar-refractivity contribution is -0.139. The molecule has 2 aromatic heterocycles. The molecule has 0 saturated heterocycles. The Morgan fingerprint density at radius 3 is 2.59 bits per heavy atom. The van der Waals surface area contributed by atoms with Crippen molar-refractivity contribution in [1.82, 2.24) is 4.57 Å². The number of rotatable bonds is 6. The number of thiazole rings is 1. The van der Waals surface area contributed by atoms with Gasteiger partial charge in [-0.15, -0.1) is 0 Å². The Hall–Kier alpha value is -3.39. The molecular weight excluding hydrogens is 555 g/mol. The van der Waals surface area contributed by atoms with E-state index in [2.05, 4.69) is 18.8 Å². The highest BCUT2D eigenvalue weighted by Crippen LogP contribution is 2.35. The van der Waals surface area contributed by atoms with Gasteiger partial charge in [0.05, 0.1) is 38.5 Å². The van der Waals surface area contributed by atoms with Crippen LogP contribution in [0.2, 0.25) is 10.0 Å². The first-order chi connectivity index (χ1) is 18.7. The fourth-order valence-corrected chi connectivity index (χ4v) is 5.99. The van der Waals surface area contributed by atoms with Crippen molar-refractivity contribution < 1.29 is 13.9 Å². The van der Waals surface area contributed by atoms with E-state index in [1.54, 1.807) is 48.8 Å². The number of esters is 1. The topological polar surface area (TPSA) is 73.8 Å². The van der Waals surface area contributed by atoms with Crippen LogP contribution in [0, 0.1) is 0 Å². The SMILES string of the molecule is CCOC(=O)C1=C(C)N=c2s/c(=C\c3ccc(-c4cccc(Cl)c4Cl)o3)c(=O)n2C1c1ccc(C(C)C)cc1. The Labute approximate surface area is 239 Å². The molecular formula is C30H26Cl2N2O4S. The predicted octanol–water partition coefficient (Wildman–Crippen LogP) is 6.49. The largest absolute Gasteiger partial charge is 0.463 e. The van der Waals surface area contributed by atoms with Gasteiger partial charge in [0.25, 0.3) is 5.56 Å². The van der Waals surface area contributed by atoms with E-state index < -0.39 is 12.0 Å². The summed E-state index contributed by atoms with van der Waals surface area (Å²) in [6.07, 6.45) is 1.67. The third-order valence-electron chi connectivity index (χ3n) is 6.55. The van der Waals surface area contributed by atoms with Crippen molar-refractivity contribution in [2.75, 3.05) is 6.61 Å². The molecule has 200 valence electrons. The Morgan fingerprint density at radius 2 is 1.90 bits per heavy atom. The van der Waals surface area contributed by atoms with Gasteiger partial charge in [-0.2, -0.15) is 0 Å². The van der Waals surface area contributed by atoms with Crippen LogP contribution in [0.4, 0.5) is 0 Å². The molecule has 0 N–H and O–H groups in total. The molecule has 9 heteroatoms. The van der Waals surface area contributed by atoms with E-state index in [4.69, 9.17) is 32.4 Å². The molecule has 0 amide bonds. The molecule has 0 bridgehead atoms. The minimum atomic E-state index is -0.666. The van der Waals surface area contributed by atoms with Crippen molar-refractivity contribution in [3.63, 3.8) is 0 Å². The van der Waals surface area contributed by atoms with Crippen LogP contribution in [0.1, 0.15) is 56.5 Å². The Morgan fingerprint density at radius 1 is 1.15 bits per heavy atom. The fraction of sp³-hybridized carbons (Fsp3) is 0.233. The molecule has 1 aliphatic rings. The van der Waals surface area contributed by atoms with Gasteiger partial charge in [0.15, 0.2) is 4.80 Å². The highest BCUT2D eigenvalue weighted by Gasteiger charge is 2.33.